The van der Waals surface area contributed by atoms with Crippen LogP contribution in [-0.2, 0) is 10.0 Å². The lowest BCUT2D eigenvalue weighted by Gasteiger charge is -2.19. The lowest BCUT2D eigenvalue weighted by molar-refractivity contribution is 0.0924. The summed E-state index contributed by atoms with van der Waals surface area (Å²) in [5.74, 6) is -0.129. The van der Waals surface area contributed by atoms with Crippen LogP contribution in [0.1, 0.15) is 36.0 Å². The van der Waals surface area contributed by atoms with E-state index in [1.54, 1.807) is 42.5 Å². The Morgan fingerprint density at radius 1 is 1.04 bits per heavy atom. The van der Waals surface area contributed by atoms with Crippen molar-refractivity contribution in [1.29, 1.82) is 0 Å². The average Bonchev–Trinajstić information content (AvgIpc) is 3.03. The van der Waals surface area contributed by atoms with Gasteiger partial charge in [0.1, 0.15) is 0 Å². The molecule has 0 spiro atoms. The Kier molecular flexibility index (Phi) is 5.25. The fourth-order valence-electron chi connectivity index (χ4n) is 2.75. The molecule has 0 unspecified atom stereocenters. The second kappa shape index (κ2) is 7.22. The van der Waals surface area contributed by atoms with Crippen molar-refractivity contribution in [3.05, 3.63) is 59.0 Å². The van der Waals surface area contributed by atoms with Crippen molar-refractivity contribution in [1.82, 2.24) is 5.32 Å². The van der Waals surface area contributed by atoms with Crippen molar-refractivity contribution in [2.45, 2.75) is 38.1 Å². The maximum atomic E-state index is 12.9. The van der Waals surface area contributed by atoms with Crippen LogP contribution in [0.25, 0.3) is 10.1 Å². The first-order valence-electron chi connectivity index (χ1n) is 8.89. The van der Waals surface area contributed by atoms with Crippen LogP contribution in [0.15, 0.2) is 53.4 Å². The Hall–Kier alpha value is -2.38. The topological polar surface area (TPSA) is 66.5 Å². The number of thiophene rings is 1. The summed E-state index contributed by atoms with van der Waals surface area (Å²) in [5.41, 5.74) is 1.23. The van der Waals surface area contributed by atoms with Gasteiger partial charge in [0.25, 0.3) is 15.9 Å². The molecular formula is C21H24N2O3S2. The number of sulfonamides is 1. The van der Waals surface area contributed by atoms with Gasteiger partial charge in [-0.25, -0.2) is 8.42 Å². The third-order valence-electron chi connectivity index (χ3n) is 4.26. The molecule has 5 nitrogen and oxygen atoms in total. The summed E-state index contributed by atoms with van der Waals surface area (Å²) in [4.78, 5) is 13.3. The van der Waals surface area contributed by atoms with Crippen LogP contribution >= 0.6 is 11.3 Å². The number of rotatable bonds is 4. The number of hydrogen-bond acceptors (Lipinski definition) is 4. The Morgan fingerprint density at radius 2 is 1.68 bits per heavy atom. The predicted molar refractivity (Wildman–Crippen MR) is 116 cm³/mol. The maximum absolute atomic E-state index is 12.9. The number of hydrogen-bond donors (Lipinski definition) is 1. The van der Waals surface area contributed by atoms with Crippen LogP contribution < -0.4 is 9.62 Å². The molecule has 1 heterocycles. The number of aryl methyl sites for hydroxylation is 1. The van der Waals surface area contributed by atoms with Gasteiger partial charge in [-0.15, -0.1) is 11.3 Å². The van der Waals surface area contributed by atoms with Crippen molar-refractivity contribution in [2.24, 2.45) is 0 Å². The molecule has 0 saturated heterocycles. The van der Waals surface area contributed by atoms with E-state index in [-0.39, 0.29) is 16.3 Å². The smallest absolute Gasteiger partial charge is 0.264 e. The zero-order chi connectivity index (χ0) is 20.7. The van der Waals surface area contributed by atoms with Crippen LogP contribution in [-0.4, -0.2) is 26.9 Å². The van der Waals surface area contributed by atoms with Crippen molar-refractivity contribution in [3.63, 3.8) is 0 Å². The van der Waals surface area contributed by atoms with Gasteiger partial charge in [0.2, 0.25) is 0 Å². The monoisotopic (exact) mass is 416 g/mol. The van der Waals surface area contributed by atoms with Gasteiger partial charge >= 0.3 is 0 Å². The molecule has 0 aliphatic carbocycles. The van der Waals surface area contributed by atoms with E-state index in [0.717, 1.165) is 15.6 Å². The van der Waals surface area contributed by atoms with Gasteiger partial charge in [-0.2, -0.15) is 0 Å². The van der Waals surface area contributed by atoms with Crippen LogP contribution in [0.4, 0.5) is 5.69 Å². The summed E-state index contributed by atoms with van der Waals surface area (Å²) in [7, 11) is -2.12. The molecule has 148 valence electrons. The summed E-state index contributed by atoms with van der Waals surface area (Å²) >= 11 is 1.39. The number of carbonyl (C=O) groups is 1. The van der Waals surface area contributed by atoms with Crippen molar-refractivity contribution in [2.75, 3.05) is 11.4 Å². The molecule has 1 amide bonds. The molecule has 0 aliphatic heterocycles. The van der Waals surface area contributed by atoms with Gasteiger partial charge in [0, 0.05) is 17.3 Å². The molecule has 0 aliphatic rings. The van der Waals surface area contributed by atoms with Gasteiger partial charge in [0.15, 0.2) is 0 Å². The zero-order valence-electron chi connectivity index (χ0n) is 16.6. The first-order chi connectivity index (χ1) is 13.0. The Labute approximate surface area is 170 Å². The molecule has 2 aromatic carbocycles. The summed E-state index contributed by atoms with van der Waals surface area (Å²) in [6.07, 6.45) is 0. The molecule has 0 fully saturated rings. The molecule has 28 heavy (non-hydrogen) atoms. The number of anilines is 1. The number of nitrogens with one attached hydrogen (secondary N) is 1. The fourth-order valence-corrected chi connectivity index (χ4v) is 4.87. The SMILES string of the molecule is Cc1ccc(S(=O)(=O)N(C)c2ccc3sc(C(=O)NC(C)(C)C)cc3c2)cc1. The number of carbonyl (C=O) groups excluding carboxylic acids is 1. The van der Waals surface area contributed by atoms with Crippen LogP contribution in [0.5, 0.6) is 0 Å². The number of fused-ring (bicyclic) bond motifs is 1. The number of amides is 1. The van der Waals surface area contributed by atoms with Crippen molar-refractivity contribution < 1.29 is 13.2 Å². The second-order valence-electron chi connectivity index (χ2n) is 7.82. The Bertz CT molecular complexity index is 1120. The molecule has 0 saturated carbocycles. The highest BCUT2D eigenvalue weighted by atomic mass is 32.2. The Morgan fingerprint density at radius 3 is 2.29 bits per heavy atom. The molecule has 0 radical (unpaired) electrons. The highest BCUT2D eigenvalue weighted by Crippen LogP contribution is 2.31. The number of nitrogens with zero attached hydrogens (tertiary/aromatic N) is 1. The van der Waals surface area contributed by atoms with E-state index < -0.39 is 10.0 Å². The molecule has 0 atom stereocenters. The minimum absolute atomic E-state index is 0.129. The first kappa shape index (κ1) is 20.4. The minimum Gasteiger partial charge on any atom is -0.347 e. The summed E-state index contributed by atoms with van der Waals surface area (Å²) < 4.78 is 28.0. The fraction of sp³-hybridized carbons (Fsp3) is 0.286. The van der Waals surface area contributed by atoms with E-state index in [4.69, 9.17) is 0 Å². The van der Waals surface area contributed by atoms with Crippen molar-refractivity contribution in [3.8, 4) is 0 Å². The lowest BCUT2D eigenvalue weighted by atomic mass is 10.1. The first-order valence-corrected chi connectivity index (χ1v) is 11.1. The molecule has 3 aromatic rings. The standard InChI is InChI=1S/C21H24N2O3S2/c1-14-6-9-17(10-7-14)28(25,26)23(5)16-8-11-18-15(12-16)13-19(27-18)20(24)22-21(2,3)4/h6-13H,1-5H3,(H,22,24). The van der Waals surface area contributed by atoms with E-state index in [9.17, 15) is 13.2 Å². The summed E-state index contributed by atoms with van der Waals surface area (Å²) in [6.45, 7) is 7.71. The largest absolute Gasteiger partial charge is 0.347 e. The summed E-state index contributed by atoms with van der Waals surface area (Å²) in [6, 6.07) is 14.0. The molecule has 0 bridgehead atoms. The van der Waals surface area contributed by atoms with Crippen LogP contribution in [0.2, 0.25) is 0 Å². The molecule has 3 rings (SSSR count). The third-order valence-corrected chi connectivity index (χ3v) is 7.17. The van der Waals surface area contributed by atoms with E-state index >= 15 is 0 Å². The zero-order valence-corrected chi connectivity index (χ0v) is 18.2. The highest BCUT2D eigenvalue weighted by molar-refractivity contribution is 7.92. The van der Waals surface area contributed by atoms with Gasteiger partial charge in [0.05, 0.1) is 15.5 Å². The Balaban J connectivity index is 1.93. The molecule has 7 heteroatoms. The average molecular weight is 417 g/mol. The van der Waals surface area contributed by atoms with E-state index in [1.165, 1.54) is 22.7 Å². The van der Waals surface area contributed by atoms with Crippen LogP contribution in [0.3, 0.4) is 0 Å². The quantitative estimate of drug-likeness (QED) is 0.678. The highest BCUT2D eigenvalue weighted by Gasteiger charge is 2.22. The van der Waals surface area contributed by atoms with Gasteiger partial charge in [-0.05, 0) is 69.5 Å². The maximum Gasteiger partial charge on any atom is 0.264 e. The lowest BCUT2D eigenvalue weighted by Crippen LogP contribution is -2.40. The van der Waals surface area contributed by atoms with Gasteiger partial charge in [-0.1, -0.05) is 17.7 Å². The predicted octanol–water partition coefficient (Wildman–Crippen LogP) is 4.56. The second-order valence-corrected chi connectivity index (χ2v) is 10.9. The molecular weight excluding hydrogens is 392 g/mol. The van der Waals surface area contributed by atoms with E-state index in [1.807, 2.05) is 33.8 Å². The normalized spacial score (nSPS) is 12.2. The van der Waals surface area contributed by atoms with Crippen molar-refractivity contribution >= 4 is 43.0 Å². The van der Waals surface area contributed by atoms with Crippen LogP contribution in [0, 0.1) is 6.92 Å². The minimum atomic E-state index is -3.65. The number of benzene rings is 2. The van der Waals surface area contributed by atoms with Gasteiger partial charge < -0.3 is 5.32 Å². The van der Waals surface area contributed by atoms with Gasteiger partial charge in [-0.3, -0.25) is 9.10 Å². The molecule has 1 N–H and O–H groups in total. The van der Waals surface area contributed by atoms with E-state index in [2.05, 4.69) is 5.32 Å². The van der Waals surface area contributed by atoms with E-state index in [0.29, 0.717) is 10.6 Å². The third kappa shape index (κ3) is 4.20. The summed E-state index contributed by atoms with van der Waals surface area (Å²) in [5, 5.41) is 3.79. The molecule has 1 aromatic heterocycles.